The molecule has 280 valence electrons. The molecular formula is C55H39N3S. The van der Waals surface area contributed by atoms with E-state index in [-0.39, 0.29) is 0 Å². The Kier molecular flexibility index (Phi) is 8.76. The van der Waals surface area contributed by atoms with Crippen molar-refractivity contribution in [3.05, 3.63) is 224 Å². The lowest BCUT2D eigenvalue weighted by Crippen LogP contribution is -2.21. The molecule has 0 radical (unpaired) electrons. The number of hydrogen-bond donors (Lipinski definition) is 1. The largest absolute Gasteiger partial charge is 0.387 e. The molecular weight excluding hydrogens is 735 g/mol. The van der Waals surface area contributed by atoms with E-state index in [1.807, 2.05) is 11.3 Å². The molecule has 0 saturated heterocycles. The van der Waals surface area contributed by atoms with Crippen LogP contribution in [0.1, 0.15) is 0 Å². The average molecular weight is 774 g/mol. The number of fused-ring (bicyclic) bond motifs is 8. The number of dihydropyridines is 1. The molecule has 4 heteroatoms. The Labute approximate surface area is 348 Å². The van der Waals surface area contributed by atoms with Crippen molar-refractivity contribution in [2.45, 2.75) is 0 Å². The van der Waals surface area contributed by atoms with E-state index in [0.717, 1.165) is 40.7 Å². The second-order valence-corrected chi connectivity index (χ2v) is 16.0. The van der Waals surface area contributed by atoms with Gasteiger partial charge >= 0.3 is 0 Å². The van der Waals surface area contributed by atoms with Gasteiger partial charge in [0.2, 0.25) is 0 Å². The number of nitrogens with one attached hydrogen (secondary N) is 1. The second kappa shape index (κ2) is 14.8. The van der Waals surface area contributed by atoms with E-state index in [9.17, 15) is 0 Å². The molecule has 0 saturated carbocycles. The first kappa shape index (κ1) is 34.8. The van der Waals surface area contributed by atoms with Gasteiger partial charge in [0.15, 0.2) is 0 Å². The quantitative estimate of drug-likeness (QED) is 0.155. The molecule has 0 amide bonds. The summed E-state index contributed by atoms with van der Waals surface area (Å²) in [5.74, 6) is 0. The third kappa shape index (κ3) is 6.31. The fourth-order valence-electron chi connectivity index (χ4n) is 8.67. The predicted molar refractivity (Wildman–Crippen MR) is 254 cm³/mol. The van der Waals surface area contributed by atoms with Gasteiger partial charge in [-0.05, 0) is 117 Å². The third-order valence-corrected chi connectivity index (χ3v) is 12.7. The summed E-state index contributed by atoms with van der Waals surface area (Å²) < 4.78 is 2.66. The van der Waals surface area contributed by atoms with Gasteiger partial charge in [0, 0.05) is 66.2 Å². The summed E-state index contributed by atoms with van der Waals surface area (Å²) in [5.41, 5.74) is 11.4. The minimum Gasteiger partial charge on any atom is -0.387 e. The summed E-state index contributed by atoms with van der Waals surface area (Å²) in [6.45, 7) is 0.759. The maximum Gasteiger partial charge on any atom is 0.0482 e. The normalized spacial score (nSPS) is 12.5. The predicted octanol–water partition coefficient (Wildman–Crippen LogP) is 15.3. The van der Waals surface area contributed by atoms with Crippen LogP contribution < -0.4 is 15.1 Å². The van der Waals surface area contributed by atoms with Gasteiger partial charge in [-0.2, -0.15) is 0 Å². The molecule has 1 aromatic heterocycles. The van der Waals surface area contributed by atoms with Crippen LogP contribution in [-0.2, 0) is 0 Å². The van der Waals surface area contributed by atoms with Crippen LogP contribution in [0.4, 0.5) is 28.4 Å². The van der Waals surface area contributed by atoms with Crippen LogP contribution >= 0.6 is 11.3 Å². The van der Waals surface area contributed by atoms with Crippen molar-refractivity contribution in [1.82, 2.24) is 5.32 Å². The van der Waals surface area contributed by atoms with Gasteiger partial charge < -0.3 is 15.1 Å². The van der Waals surface area contributed by atoms with E-state index in [1.165, 1.54) is 64.0 Å². The molecule has 0 spiro atoms. The van der Waals surface area contributed by atoms with E-state index in [4.69, 9.17) is 0 Å². The highest BCUT2D eigenvalue weighted by Gasteiger charge is 2.21. The second-order valence-electron chi connectivity index (χ2n) is 15.0. The fourth-order valence-corrected chi connectivity index (χ4v) is 9.93. The van der Waals surface area contributed by atoms with Gasteiger partial charge in [0.25, 0.3) is 0 Å². The van der Waals surface area contributed by atoms with Crippen molar-refractivity contribution < 1.29 is 0 Å². The first-order valence-electron chi connectivity index (χ1n) is 20.1. The van der Waals surface area contributed by atoms with E-state index in [1.54, 1.807) is 0 Å². The number of allylic oxidation sites excluding steroid dienone is 1. The Balaban J connectivity index is 1.06. The maximum atomic E-state index is 3.37. The van der Waals surface area contributed by atoms with Crippen LogP contribution in [-0.4, -0.2) is 6.54 Å². The molecule has 1 aliphatic heterocycles. The monoisotopic (exact) mass is 773 g/mol. The highest BCUT2D eigenvalue weighted by molar-refractivity contribution is 7.27. The van der Waals surface area contributed by atoms with Gasteiger partial charge in [-0.1, -0.05) is 140 Å². The summed E-state index contributed by atoms with van der Waals surface area (Å²) in [6, 6.07) is 72.7. The Morgan fingerprint density at radius 2 is 0.932 bits per heavy atom. The van der Waals surface area contributed by atoms with Gasteiger partial charge in [-0.15, -0.1) is 11.3 Å². The Morgan fingerprint density at radius 3 is 1.58 bits per heavy atom. The lowest BCUT2D eigenvalue weighted by Gasteiger charge is -2.31. The van der Waals surface area contributed by atoms with Crippen LogP contribution in [0.3, 0.4) is 0 Å². The van der Waals surface area contributed by atoms with Crippen molar-refractivity contribution in [3.8, 4) is 22.3 Å². The average Bonchev–Trinajstić information content (AvgIpc) is 3.71. The number of benzene rings is 9. The van der Waals surface area contributed by atoms with Crippen molar-refractivity contribution in [3.63, 3.8) is 0 Å². The lowest BCUT2D eigenvalue weighted by molar-refractivity contribution is 0.947. The molecule has 10 aromatic rings. The first-order chi connectivity index (χ1) is 29.3. The SMILES string of the molecule is C1=CC(N(c2cccc(N(c3ccc(-c4ccccc4)cc3)c3ccc(-c4ccccc4)cc3)c2)c2ccc3c(c2)c2ccccc2c2c4ccccc4sc32)=CCN1. The lowest BCUT2D eigenvalue weighted by atomic mass is 9.96. The molecule has 0 aliphatic carbocycles. The van der Waals surface area contributed by atoms with Crippen molar-refractivity contribution >= 4 is 81.5 Å². The zero-order chi connectivity index (χ0) is 39.1. The summed E-state index contributed by atoms with van der Waals surface area (Å²) in [4.78, 5) is 4.77. The van der Waals surface area contributed by atoms with E-state index in [2.05, 4.69) is 234 Å². The number of nitrogens with zero attached hydrogens (tertiary/aromatic N) is 2. The van der Waals surface area contributed by atoms with Gasteiger partial charge in [0.1, 0.15) is 0 Å². The number of rotatable bonds is 8. The van der Waals surface area contributed by atoms with Crippen LogP contribution in [0.5, 0.6) is 0 Å². The summed E-state index contributed by atoms with van der Waals surface area (Å²) in [6.07, 6.45) is 6.50. The Morgan fingerprint density at radius 1 is 0.390 bits per heavy atom. The molecule has 11 rings (SSSR count). The summed E-state index contributed by atoms with van der Waals surface area (Å²) in [7, 11) is 0. The zero-order valence-corrected chi connectivity index (χ0v) is 33.1. The minimum absolute atomic E-state index is 0.759. The summed E-state index contributed by atoms with van der Waals surface area (Å²) in [5, 5.41) is 11.2. The summed E-state index contributed by atoms with van der Waals surface area (Å²) >= 11 is 1.89. The highest BCUT2D eigenvalue weighted by Crippen LogP contribution is 2.46. The molecule has 0 atom stereocenters. The first-order valence-corrected chi connectivity index (χ1v) is 21.0. The van der Waals surface area contributed by atoms with E-state index < -0.39 is 0 Å². The number of thiophene rings is 1. The van der Waals surface area contributed by atoms with Gasteiger partial charge in [-0.25, -0.2) is 0 Å². The van der Waals surface area contributed by atoms with Gasteiger partial charge in [0.05, 0.1) is 0 Å². The molecule has 3 nitrogen and oxygen atoms in total. The van der Waals surface area contributed by atoms with Crippen molar-refractivity contribution in [2.24, 2.45) is 0 Å². The molecule has 1 N–H and O–H groups in total. The van der Waals surface area contributed by atoms with Crippen molar-refractivity contribution in [2.75, 3.05) is 16.3 Å². The molecule has 9 aromatic carbocycles. The molecule has 59 heavy (non-hydrogen) atoms. The van der Waals surface area contributed by atoms with Crippen LogP contribution in [0, 0.1) is 0 Å². The Hall–Kier alpha value is -7.40. The topological polar surface area (TPSA) is 18.5 Å². The van der Waals surface area contributed by atoms with E-state index in [0.29, 0.717) is 0 Å². The maximum absolute atomic E-state index is 3.37. The molecule has 0 unspecified atom stereocenters. The van der Waals surface area contributed by atoms with Crippen molar-refractivity contribution in [1.29, 1.82) is 0 Å². The standard InChI is InChI=1S/C55H39N3S/c1-3-12-38(13-4-1)40-22-26-42(27-23-40)57(43-28-24-41(25-29-43)39-14-5-2-6-15-39)45-16-11-17-46(36-45)58(44-32-34-56-35-33-44)47-30-31-50-52(37-47)48-18-7-8-19-49(48)54-51-20-9-10-21-53(51)59-55(50)54/h1-34,36-37,56H,35H2. The smallest absolute Gasteiger partial charge is 0.0482 e. The Bertz CT molecular complexity index is 3120. The molecule has 2 heterocycles. The van der Waals surface area contributed by atoms with Crippen LogP contribution in [0.15, 0.2) is 224 Å². The van der Waals surface area contributed by atoms with Gasteiger partial charge in [-0.3, -0.25) is 0 Å². The highest BCUT2D eigenvalue weighted by atomic mass is 32.1. The van der Waals surface area contributed by atoms with E-state index >= 15 is 0 Å². The zero-order valence-electron chi connectivity index (χ0n) is 32.3. The number of anilines is 5. The van der Waals surface area contributed by atoms with Crippen LogP contribution in [0.25, 0.3) is 64.0 Å². The minimum atomic E-state index is 0.759. The fraction of sp³-hybridized carbons (Fsp3) is 0.0182. The van der Waals surface area contributed by atoms with Crippen LogP contribution in [0.2, 0.25) is 0 Å². The third-order valence-electron chi connectivity index (χ3n) is 11.5. The molecule has 0 fully saturated rings. The number of hydrogen-bond acceptors (Lipinski definition) is 4. The molecule has 0 bridgehead atoms. The molecule has 1 aliphatic rings.